The normalized spacial score (nSPS) is 11.7. The van der Waals surface area contributed by atoms with Gasteiger partial charge in [0.2, 0.25) is 0 Å². The molecule has 0 spiro atoms. The summed E-state index contributed by atoms with van der Waals surface area (Å²) in [5, 5.41) is 9.57. The molecule has 0 atom stereocenters. The van der Waals surface area contributed by atoms with Crippen LogP contribution in [0.2, 0.25) is 0 Å². The van der Waals surface area contributed by atoms with Gasteiger partial charge in [-0.05, 0) is 92.8 Å². The molecule has 10 aromatic carbocycles. The van der Waals surface area contributed by atoms with Crippen molar-refractivity contribution in [2.75, 3.05) is 4.90 Å². The van der Waals surface area contributed by atoms with Gasteiger partial charge in [0.15, 0.2) is 0 Å². The van der Waals surface area contributed by atoms with Gasteiger partial charge in [-0.3, -0.25) is 0 Å². The van der Waals surface area contributed by atoms with Crippen molar-refractivity contribution in [3.05, 3.63) is 218 Å². The van der Waals surface area contributed by atoms with E-state index in [2.05, 4.69) is 216 Å². The molecule has 0 N–H and O–H groups in total. The summed E-state index contributed by atoms with van der Waals surface area (Å²) in [5.74, 6) is 0. The molecule has 0 fully saturated rings. The summed E-state index contributed by atoms with van der Waals surface area (Å²) < 4.78 is 9.05. The summed E-state index contributed by atoms with van der Waals surface area (Å²) >= 11 is 0. The fourth-order valence-electron chi connectivity index (χ4n) is 9.32. The van der Waals surface area contributed by atoms with Gasteiger partial charge in [0, 0.05) is 44.5 Å². The molecule has 0 unspecified atom stereocenters. The lowest BCUT2D eigenvalue weighted by molar-refractivity contribution is 0.669. The minimum absolute atomic E-state index is 0.852. The fourth-order valence-corrected chi connectivity index (χ4v) is 9.32. The van der Waals surface area contributed by atoms with Crippen molar-refractivity contribution in [1.82, 2.24) is 4.57 Å². The summed E-state index contributed by atoms with van der Waals surface area (Å²) in [6.07, 6.45) is 0. The van der Waals surface area contributed by atoms with E-state index in [1.807, 2.05) is 12.1 Å². The van der Waals surface area contributed by atoms with Gasteiger partial charge in [0.05, 0.1) is 22.4 Å². The van der Waals surface area contributed by atoms with E-state index < -0.39 is 0 Å². The number of anilines is 3. The van der Waals surface area contributed by atoms with Crippen LogP contribution in [0, 0.1) is 0 Å². The van der Waals surface area contributed by atoms with E-state index in [1.165, 1.54) is 49.0 Å². The molecule has 0 aliphatic heterocycles. The molecule has 3 heteroatoms. The lowest BCUT2D eigenvalue weighted by Crippen LogP contribution is -2.14. The second kappa shape index (κ2) is 13.4. The van der Waals surface area contributed by atoms with Crippen LogP contribution in [-0.4, -0.2) is 4.57 Å². The lowest BCUT2D eigenvalue weighted by atomic mass is 9.91. The van der Waals surface area contributed by atoms with Crippen molar-refractivity contribution in [1.29, 1.82) is 0 Å². The first-order chi connectivity index (χ1) is 29.3. The SMILES string of the molecule is c1ccc(-c2ccc(N(c3ccc4c(c3)oc3ccccc34)c3cccc(-c4cc5ccccc5c5ccccc45)c3-n3c4ccccc4c4ccccc43)cc2)cc1. The van der Waals surface area contributed by atoms with Crippen molar-refractivity contribution in [2.45, 2.75) is 0 Å². The predicted molar refractivity (Wildman–Crippen MR) is 249 cm³/mol. The summed E-state index contributed by atoms with van der Waals surface area (Å²) in [6.45, 7) is 0. The van der Waals surface area contributed by atoms with E-state index in [0.29, 0.717) is 0 Å². The van der Waals surface area contributed by atoms with Gasteiger partial charge in [-0.15, -0.1) is 0 Å². The molecule has 12 rings (SSSR count). The molecule has 0 saturated heterocycles. The van der Waals surface area contributed by atoms with Crippen LogP contribution >= 0.6 is 0 Å². The second-order valence-corrected chi connectivity index (χ2v) is 15.3. The maximum Gasteiger partial charge on any atom is 0.137 e. The minimum Gasteiger partial charge on any atom is -0.456 e. The van der Waals surface area contributed by atoms with Gasteiger partial charge in [0.25, 0.3) is 0 Å². The van der Waals surface area contributed by atoms with Crippen LogP contribution in [0.5, 0.6) is 0 Å². The Hall–Kier alpha value is -7.88. The van der Waals surface area contributed by atoms with Gasteiger partial charge in [-0.1, -0.05) is 158 Å². The third-order valence-corrected chi connectivity index (χ3v) is 12.0. The summed E-state index contributed by atoms with van der Waals surface area (Å²) in [6, 6.07) is 78.9. The van der Waals surface area contributed by atoms with Crippen molar-refractivity contribution < 1.29 is 4.42 Å². The highest BCUT2D eigenvalue weighted by molar-refractivity contribution is 6.16. The molecule has 0 saturated carbocycles. The Morgan fingerprint density at radius 2 is 0.915 bits per heavy atom. The van der Waals surface area contributed by atoms with Crippen LogP contribution in [0.4, 0.5) is 17.1 Å². The first-order valence-corrected chi connectivity index (χ1v) is 20.2. The molecular formula is C56H36N2O. The van der Waals surface area contributed by atoms with E-state index in [0.717, 1.165) is 61.3 Å². The maximum atomic E-state index is 6.56. The average molecular weight is 753 g/mol. The Bertz CT molecular complexity index is 3500. The molecule has 3 nitrogen and oxygen atoms in total. The van der Waals surface area contributed by atoms with E-state index in [1.54, 1.807) is 0 Å². The average Bonchev–Trinajstić information content (AvgIpc) is 3.85. The second-order valence-electron chi connectivity index (χ2n) is 15.3. The Kier molecular flexibility index (Phi) is 7.54. The monoisotopic (exact) mass is 752 g/mol. The van der Waals surface area contributed by atoms with Crippen LogP contribution < -0.4 is 4.90 Å². The predicted octanol–water partition coefficient (Wildman–Crippen LogP) is 15.8. The number of rotatable bonds is 6. The molecule has 59 heavy (non-hydrogen) atoms. The zero-order valence-corrected chi connectivity index (χ0v) is 32.1. The first-order valence-electron chi connectivity index (χ1n) is 20.2. The van der Waals surface area contributed by atoms with Crippen molar-refractivity contribution in [3.63, 3.8) is 0 Å². The smallest absolute Gasteiger partial charge is 0.137 e. The Labute approximate surface area is 341 Å². The summed E-state index contributed by atoms with van der Waals surface area (Å²) in [5.41, 5.74) is 12.9. The standard InChI is InChI=1S/C56H36N2O/c1-2-15-37(16-3-1)38-29-31-40(32-30-38)57(41-33-34-48-47-23-10-13-28-54(47)59-55(48)36-41)53-27-14-24-49(50-35-39-17-4-5-18-42(39)43-19-6-7-20-44(43)50)56(53)58-51-25-11-8-21-45(51)46-22-9-12-26-52(46)58/h1-36H. The van der Waals surface area contributed by atoms with Gasteiger partial charge in [-0.2, -0.15) is 0 Å². The van der Waals surface area contributed by atoms with Crippen molar-refractivity contribution in [3.8, 4) is 27.9 Å². The quantitative estimate of drug-likeness (QED) is 0.158. The van der Waals surface area contributed by atoms with Crippen molar-refractivity contribution in [2.24, 2.45) is 0 Å². The van der Waals surface area contributed by atoms with E-state index in [9.17, 15) is 0 Å². The third kappa shape index (κ3) is 5.29. The number of hydrogen-bond donors (Lipinski definition) is 0. The molecule has 0 bridgehead atoms. The first kappa shape index (κ1) is 33.3. The number of hydrogen-bond acceptors (Lipinski definition) is 2. The number of fused-ring (bicyclic) bond motifs is 9. The molecule has 276 valence electrons. The number of para-hydroxylation sites is 4. The molecule has 0 amide bonds. The van der Waals surface area contributed by atoms with Crippen molar-refractivity contribution >= 4 is 82.4 Å². The van der Waals surface area contributed by atoms with Gasteiger partial charge >= 0.3 is 0 Å². The molecule has 0 radical (unpaired) electrons. The molecule has 2 heterocycles. The van der Waals surface area contributed by atoms with Crippen LogP contribution in [0.25, 0.3) is 93.2 Å². The highest BCUT2D eigenvalue weighted by Gasteiger charge is 2.25. The fraction of sp³-hybridized carbons (Fsp3) is 0. The molecule has 12 aromatic rings. The molecular weight excluding hydrogens is 717 g/mol. The Balaban J connectivity index is 1.21. The Morgan fingerprint density at radius 3 is 1.68 bits per heavy atom. The molecule has 0 aliphatic rings. The van der Waals surface area contributed by atoms with Gasteiger partial charge < -0.3 is 13.9 Å². The van der Waals surface area contributed by atoms with Crippen LogP contribution in [-0.2, 0) is 0 Å². The van der Waals surface area contributed by atoms with Crippen LogP contribution in [0.1, 0.15) is 0 Å². The highest BCUT2D eigenvalue weighted by atomic mass is 16.3. The van der Waals surface area contributed by atoms with Crippen LogP contribution in [0.3, 0.4) is 0 Å². The van der Waals surface area contributed by atoms with Crippen LogP contribution in [0.15, 0.2) is 223 Å². The summed E-state index contributed by atoms with van der Waals surface area (Å²) in [4.78, 5) is 2.41. The van der Waals surface area contributed by atoms with Gasteiger partial charge in [-0.25, -0.2) is 0 Å². The maximum absolute atomic E-state index is 6.56. The summed E-state index contributed by atoms with van der Waals surface area (Å²) in [7, 11) is 0. The zero-order valence-electron chi connectivity index (χ0n) is 32.1. The molecule has 2 aromatic heterocycles. The van der Waals surface area contributed by atoms with E-state index in [-0.39, 0.29) is 0 Å². The lowest BCUT2D eigenvalue weighted by Gasteiger charge is -2.30. The Morgan fingerprint density at radius 1 is 0.339 bits per heavy atom. The topological polar surface area (TPSA) is 21.3 Å². The largest absolute Gasteiger partial charge is 0.456 e. The number of benzene rings is 10. The minimum atomic E-state index is 0.852. The van der Waals surface area contributed by atoms with E-state index >= 15 is 0 Å². The third-order valence-electron chi connectivity index (χ3n) is 12.0. The number of nitrogens with zero attached hydrogens (tertiary/aromatic N) is 2. The van der Waals surface area contributed by atoms with E-state index in [4.69, 9.17) is 4.42 Å². The van der Waals surface area contributed by atoms with Gasteiger partial charge in [0.1, 0.15) is 11.2 Å². The zero-order chi connectivity index (χ0) is 38.9. The number of furan rings is 1. The molecule has 0 aliphatic carbocycles. The highest BCUT2D eigenvalue weighted by Crippen LogP contribution is 2.48. The number of aromatic nitrogens is 1.